The summed E-state index contributed by atoms with van der Waals surface area (Å²) in [5.41, 5.74) is 0. The second kappa shape index (κ2) is 4.18. The van der Waals surface area contributed by atoms with Gasteiger partial charge in [0.15, 0.2) is 6.29 Å². The van der Waals surface area contributed by atoms with Gasteiger partial charge in [-0.15, -0.1) is 0 Å². The number of hydrogen-bond acceptors (Lipinski definition) is 4. The Morgan fingerprint density at radius 3 is 2.50 bits per heavy atom. The van der Waals surface area contributed by atoms with Crippen LogP contribution in [-0.4, -0.2) is 57.1 Å². The van der Waals surface area contributed by atoms with Gasteiger partial charge in [0.1, 0.15) is 0 Å². The Bertz CT molecular complexity index is 131. The molecule has 12 heavy (non-hydrogen) atoms. The molecule has 70 valence electrons. The zero-order valence-corrected chi connectivity index (χ0v) is 7.29. The minimum atomic E-state index is 0.0306. The lowest BCUT2D eigenvalue weighted by Crippen LogP contribution is -2.46. The van der Waals surface area contributed by atoms with Crippen LogP contribution in [0.3, 0.4) is 0 Å². The van der Waals surface area contributed by atoms with Gasteiger partial charge in [-0.25, -0.2) is 0 Å². The van der Waals surface area contributed by atoms with Gasteiger partial charge in [0, 0.05) is 32.7 Å². The van der Waals surface area contributed by atoms with Crippen LogP contribution >= 0.6 is 0 Å². The molecular weight excluding hydrogens is 156 g/mol. The van der Waals surface area contributed by atoms with Gasteiger partial charge in [-0.3, -0.25) is 4.90 Å². The summed E-state index contributed by atoms with van der Waals surface area (Å²) in [7, 11) is 0. The summed E-state index contributed by atoms with van der Waals surface area (Å²) >= 11 is 0. The maximum atomic E-state index is 5.37. The van der Waals surface area contributed by atoms with Crippen molar-refractivity contribution in [3.63, 3.8) is 0 Å². The normalized spacial score (nSPS) is 28.0. The second-order valence-electron chi connectivity index (χ2n) is 3.22. The number of rotatable bonds is 2. The van der Waals surface area contributed by atoms with Gasteiger partial charge in [0.2, 0.25) is 0 Å². The molecule has 2 saturated heterocycles. The third-order valence-corrected chi connectivity index (χ3v) is 2.31. The van der Waals surface area contributed by atoms with Crippen molar-refractivity contribution in [1.29, 1.82) is 0 Å². The summed E-state index contributed by atoms with van der Waals surface area (Å²) in [6, 6.07) is 0. The van der Waals surface area contributed by atoms with Crippen LogP contribution < -0.4 is 5.32 Å². The molecule has 0 aromatic heterocycles. The van der Waals surface area contributed by atoms with Crippen LogP contribution in [0.15, 0.2) is 0 Å². The molecular formula is C8H16N2O2. The first kappa shape index (κ1) is 8.44. The van der Waals surface area contributed by atoms with E-state index in [2.05, 4.69) is 10.2 Å². The summed E-state index contributed by atoms with van der Waals surface area (Å²) in [6.07, 6.45) is 0.0306. The van der Waals surface area contributed by atoms with Gasteiger partial charge in [0.25, 0.3) is 0 Å². The van der Waals surface area contributed by atoms with E-state index < -0.39 is 0 Å². The van der Waals surface area contributed by atoms with E-state index in [1.807, 2.05) is 0 Å². The van der Waals surface area contributed by atoms with Crippen LogP contribution in [0.5, 0.6) is 0 Å². The molecule has 0 bridgehead atoms. The molecule has 0 amide bonds. The van der Waals surface area contributed by atoms with Crippen molar-refractivity contribution in [3.05, 3.63) is 0 Å². The lowest BCUT2D eigenvalue weighted by molar-refractivity contribution is -0.0632. The molecule has 4 heteroatoms. The molecule has 4 nitrogen and oxygen atoms in total. The first-order valence-electron chi connectivity index (χ1n) is 4.61. The lowest BCUT2D eigenvalue weighted by Gasteiger charge is -2.28. The van der Waals surface area contributed by atoms with Crippen LogP contribution in [0.25, 0.3) is 0 Å². The summed E-state index contributed by atoms with van der Waals surface area (Å²) < 4.78 is 10.7. The zero-order valence-electron chi connectivity index (χ0n) is 7.29. The van der Waals surface area contributed by atoms with Crippen molar-refractivity contribution in [2.75, 3.05) is 45.9 Å². The maximum Gasteiger partial charge on any atom is 0.170 e. The molecule has 0 aromatic rings. The van der Waals surface area contributed by atoms with Gasteiger partial charge in [-0.1, -0.05) is 0 Å². The van der Waals surface area contributed by atoms with Crippen LogP contribution in [0.1, 0.15) is 0 Å². The van der Waals surface area contributed by atoms with Crippen LogP contribution in [0.2, 0.25) is 0 Å². The molecule has 0 aliphatic carbocycles. The van der Waals surface area contributed by atoms with Gasteiger partial charge in [-0.2, -0.15) is 0 Å². The van der Waals surface area contributed by atoms with E-state index in [-0.39, 0.29) is 6.29 Å². The Hall–Kier alpha value is -0.160. The van der Waals surface area contributed by atoms with E-state index in [1.165, 1.54) is 0 Å². The Kier molecular flexibility index (Phi) is 2.94. The van der Waals surface area contributed by atoms with E-state index in [0.29, 0.717) is 0 Å². The summed E-state index contributed by atoms with van der Waals surface area (Å²) in [5.74, 6) is 0. The van der Waals surface area contributed by atoms with Crippen molar-refractivity contribution in [1.82, 2.24) is 10.2 Å². The van der Waals surface area contributed by atoms with Crippen molar-refractivity contribution < 1.29 is 9.47 Å². The number of nitrogens with zero attached hydrogens (tertiary/aromatic N) is 1. The highest BCUT2D eigenvalue weighted by Crippen LogP contribution is 2.06. The van der Waals surface area contributed by atoms with E-state index in [9.17, 15) is 0 Å². The van der Waals surface area contributed by atoms with E-state index >= 15 is 0 Å². The largest absolute Gasteiger partial charge is 0.349 e. The highest BCUT2D eigenvalue weighted by molar-refractivity contribution is 4.69. The third kappa shape index (κ3) is 2.17. The Balaban J connectivity index is 1.69. The van der Waals surface area contributed by atoms with Gasteiger partial charge in [-0.05, 0) is 0 Å². The zero-order chi connectivity index (χ0) is 8.23. The van der Waals surface area contributed by atoms with Crippen molar-refractivity contribution in [2.24, 2.45) is 0 Å². The molecule has 2 aliphatic rings. The molecule has 1 N–H and O–H groups in total. The van der Waals surface area contributed by atoms with Crippen molar-refractivity contribution in [3.8, 4) is 0 Å². The molecule has 2 aliphatic heterocycles. The predicted octanol–water partition coefficient (Wildman–Crippen LogP) is -0.735. The van der Waals surface area contributed by atoms with E-state index in [0.717, 1.165) is 45.9 Å². The fourth-order valence-corrected chi connectivity index (χ4v) is 1.62. The molecule has 0 radical (unpaired) electrons. The van der Waals surface area contributed by atoms with Crippen LogP contribution in [0.4, 0.5) is 0 Å². The fourth-order valence-electron chi connectivity index (χ4n) is 1.62. The molecule has 0 atom stereocenters. The number of hydrogen-bond donors (Lipinski definition) is 1. The monoisotopic (exact) mass is 172 g/mol. The smallest absolute Gasteiger partial charge is 0.170 e. The number of nitrogens with one attached hydrogen (secondary N) is 1. The molecule has 0 saturated carbocycles. The molecule has 0 unspecified atom stereocenters. The van der Waals surface area contributed by atoms with Crippen molar-refractivity contribution in [2.45, 2.75) is 6.29 Å². The molecule has 2 rings (SSSR count). The second-order valence-corrected chi connectivity index (χ2v) is 3.22. The van der Waals surface area contributed by atoms with E-state index in [1.54, 1.807) is 0 Å². The van der Waals surface area contributed by atoms with Crippen LogP contribution in [-0.2, 0) is 9.47 Å². The summed E-state index contributed by atoms with van der Waals surface area (Å²) in [6.45, 7) is 6.86. The number of ether oxygens (including phenoxy) is 2. The molecule has 2 fully saturated rings. The molecule has 2 heterocycles. The van der Waals surface area contributed by atoms with E-state index in [4.69, 9.17) is 9.47 Å². The highest BCUT2D eigenvalue weighted by Gasteiger charge is 2.20. The molecule has 0 aromatic carbocycles. The average Bonchev–Trinajstić information content (AvgIpc) is 2.59. The quantitative estimate of drug-likeness (QED) is 0.595. The Morgan fingerprint density at radius 1 is 1.17 bits per heavy atom. The Morgan fingerprint density at radius 2 is 1.83 bits per heavy atom. The molecule has 0 spiro atoms. The first-order valence-corrected chi connectivity index (χ1v) is 4.61. The first-order chi connectivity index (χ1) is 5.95. The standard InChI is InChI=1S/C8H16N2O2/c1-3-10(4-2-9-1)7-8-11-5-6-12-8/h8-9H,1-7H2. The maximum absolute atomic E-state index is 5.37. The van der Waals surface area contributed by atoms with Gasteiger partial charge in [0.05, 0.1) is 13.2 Å². The predicted molar refractivity (Wildman–Crippen MR) is 45.0 cm³/mol. The highest BCUT2D eigenvalue weighted by atomic mass is 16.7. The minimum absolute atomic E-state index is 0.0306. The lowest BCUT2D eigenvalue weighted by atomic mass is 10.3. The number of piperazine rings is 1. The summed E-state index contributed by atoms with van der Waals surface area (Å²) in [4.78, 5) is 2.38. The minimum Gasteiger partial charge on any atom is -0.349 e. The Labute approximate surface area is 72.8 Å². The fraction of sp³-hybridized carbons (Fsp3) is 1.00. The topological polar surface area (TPSA) is 33.7 Å². The average molecular weight is 172 g/mol. The van der Waals surface area contributed by atoms with Crippen LogP contribution in [0, 0.1) is 0 Å². The SMILES string of the molecule is C1CN(CC2OCCO2)CCN1. The van der Waals surface area contributed by atoms with Crippen molar-refractivity contribution >= 4 is 0 Å². The third-order valence-electron chi connectivity index (χ3n) is 2.31. The summed E-state index contributed by atoms with van der Waals surface area (Å²) in [5, 5.41) is 3.32. The van der Waals surface area contributed by atoms with Gasteiger partial charge < -0.3 is 14.8 Å². The van der Waals surface area contributed by atoms with Gasteiger partial charge >= 0.3 is 0 Å².